The van der Waals surface area contributed by atoms with Crippen LogP contribution in [0.5, 0.6) is 0 Å². The van der Waals surface area contributed by atoms with E-state index in [4.69, 9.17) is 11.5 Å². The third kappa shape index (κ3) is 10.7. The van der Waals surface area contributed by atoms with E-state index in [0.29, 0.717) is 75.8 Å². The first kappa shape index (κ1) is 44.5. The first-order valence-electron chi connectivity index (χ1n) is 22.6. The first-order valence-corrected chi connectivity index (χ1v) is 22.6. The van der Waals surface area contributed by atoms with Crippen LogP contribution >= 0.6 is 0 Å². The second kappa shape index (κ2) is 21.0. The summed E-state index contributed by atoms with van der Waals surface area (Å²) < 4.78 is 0. The lowest BCUT2D eigenvalue weighted by molar-refractivity contribution is -0.139. The minimum atomic E-state index is -0.786. The number of nitrogens with two attached hydrogens (primary N) is 2. The highest BCUT2D eigenvalue weighted by molar-refractivity contribution is 5.98. The summed E-state index contributed by atoms with van der Waals surface area (Å²) in [5, 5.41) is 12.1. The number of benzene rings is 3. The maximum atomic E-state index is 13.4. The topological polar surface area (TPSA) is 209 Å². The molecule has 0 aromatic heterocycles. The second-order valence-electron chi connectivity index (χ2n) is 17.3. The molecule has 2 heterocycles. The smallest absolute Gasteiger partial charge is 0.251 e. The summed E-state index contributed by atoms with van der Waals surface area (Å²) >= 11 is 0. The maximum Gasteiger partial charge on any atom is 0.251 e. The highest BCUT2D eigenvalue weighted by atomic mass is 16.2. The number of hydrogen-bond acceptors (Lipinski definition) is 8. The highest BCUT2D eigenvalue weighted by Crippen LogP contribution is 2.32. The average molecular weight is 847 g/mol. The normalized spacial score (nSPS) is 21.5. The molecule has 0 saturated carbocycles. The molecule has 14 nitrogen and oxygen atoms in total. The lowest BCUT2D eigenvalue weighted by Crippen LogP contribution is -2.51. The van der Waals surface area contributed by atoms with Gasteiger partial charge in [-0.05, 0) is 136 Å². The third-order valence-corrected chi connectivity index (χ3v) is 13.0. The van der Waals surface area contributed by atoms with Gasteiger partial charge in [0.1, 0.15) is 12.1 Å². The van der Waals surface area contributed by atoms with Crippen LogP contribution in [0.2, 0.25) is 0 Å². The largest absolute Gasteiger partial charge is 0.352 e. The van der Waals surface area contributed by atoms with E-state index in [2.05, 4.69) is 45.5 Å². The molecule has 0 radical (unpaired) electrons. The molecule has 2 unspecified atom stereocenters. The van der Waals surface area contributed by atoms with Gasteiger partial charge in [-0.2, -0.15) is 0 Å². The highest BCUT2D eigenvalue weighted by Gasteiger charge is 2.39. The molecule has 7 rings (SSSR count). The Bertz CT molecular complexity index is 1950. The van der Waals surface area contributed by atoms with E-state index in [1.165, 1.54) is 11.1 Å². The summed E-state index contributed by atoms with van der Waals surface area (Å²) in [4.78, 5) is 82.4. The van der Waals surface area contributed by atoms with Crippen LogP contribution in [0.3, 0.4) is 0 Å². The van der Waals surface area contributed by atoms with Crippen LogP contribution < -0.4 is 32.7 Å². The summed E-state index contributed by atoms with van der Waals surface area (Å²) in [7, 11) is 0. The summed E-state index contributed by atoms with van der Waals surface area (Å²) in [5.41, 5.74) is 18.2. The minimum Gasteiger partial charge on any atom is -0.352 e. The number of amides is 6. The van der Waals surface area contributed by atoms with Gasteiger partial charge in [0.15, 0.2) is 0 Å². The van der Waals surface area contributed by atoms with E-state index in [1.807, 2.05) is 24.3 Å². The number of nitrogens with one attached hydrogen (secondary N) is 4. The van der Waals surface area contributed by atoms with E-state index in [9.17, 15) is 28.8 Å². The third-order valence-electron chi connectivity index (χ3n) is 13.0. The molecule has 2 saturated heterocycles. The molecular weight excluding hydrogens is 785 g/mol. The van der Waals surface area contributed by atoms with Crippen LogP contribution in [-0.4, -0.2) is 95.6 Å². The zero-order valence-corrected chi connectivity index (χ0v) is 35.6. The Kier molecular flexibility index (Phi) is 15.0. The van der Waals surface area contributed by atoms with E-state index in [1.54, 1.807) is 34.1 Å². The molecule has 2 fully saturated rings. The Morgan fingerprint density at radius 2 is 0.952 bits per heavy atom. The SMILES string of the molecule is N[C@@H](CCCNC(=O)c1ccc(C(=O)NCCC[C@H](N)C(=O)N2CCCC2C(=O)N[C@@H]2CCCc3ccccc32)cc1)C(=O)N1CCCC1C(=O)N[C@@H]1CCCc2ccccc21. The van der Waals surface area contributed by atoms with E-state index >= 15 is 0 Å². The molecular formula is C48H62N8O6. The quantitative estimate of drug-likeness (QED) is 0.117. The van der Waals surface area contributed by atoms with Crippen molar-refractivity contribution in [2.45, 2.75) is 126 Å². The van der Waals surface area contributed by atoms with Gasteiger partial charge in [-0.1, -0.05) is 48.5 Å². The Morgan fingerprint density at radius 1 is 0.548 bits per heavy atom. The summed E-state index contributed by atoms with van der Waals surface area (Å²) in [6.07, 6.45) is 10.1. The van der Waals surface area contributed by atoms with Crippen molar-refractivity contribution in [3.05, 3.63) is 106 Å². The van der Waals surface area contributed by atoms with Gasteiger partial charge >= 0.3 is 0 Å². The Hall–Kier alpha value is -5.60. The van der Waals surface area contributed by atoms with Crippen molar-refractivity contribution in [1.29, 1.82) is 0 Å². The summed E-state index contributed by atoms with van der Waals surface area (Å²) in [5.74, 6) is -1.39. The fraction of sp³-hybridized carbons (Fsp3) is 0.500. The molecule has 2 aliphatic carbocycles. The standard InChI is InChI=1S/C48H62N8O6/c49-37(47(61)55-29-9-21-41(55)45(59)53-39-19-5-13-31-11-1-3-15-35(31)39)17-7-27-51-43(57)33-23-25-34(26-24-33)44(58)52-28-8-18-38(50)48(62)56-30-10-22-42(56)46(60)54-40-20-6-14-32-12-2-4-16-36(32)40/h1-4,11-12,15-16,23-26,37-42H,5-10,13-14,17-22,27-30,49-50H2,(H,51,57)(H,52,58)(H,53,59)(H,54,60)/t37-,38-,39+,40+,41?,42?/m0/s1. The Balaban J connectivity index is 0.780. The number of fused-ring (bicyclic) bond motifs is 2. The molecule has 4 aliphatic rings. The van der Waals surface area contributed by atoms with Gasteiger partial charge in [-0.3, -0.25) is 28.8 Å². The van der Waals surface area contributed by atoms with Crippen molar-refractivity contribution in [1.82, 2.24) is 31.1 Å². The van der Waals surface area contributed by atoms with Crippen molar-refractivity contribution in [2.75, 3.05) is 26.2 Å². The van der Waals surface area contributed by atoms with Gasteiger partial charge in [0.2, 0.25) is 23.6 Å². The van der Waals surface area contributed by atoms with E-state index < -0.39 is 24.2 Å². The average Bonchev–Trinajstić information content (AvgIpc) is 4.00. The molecule has 3 aromatic rings. The van der Waals surface area contributed by atoms with Gasteiger partial charge in [0, 0.05) is 37.3 Å². The van der Waals surface area contributed by atoms with Crippen molar-refractivity contribution in [3.63, 3.8) is 0 Å². The molecule has 330 valence electrons. The van der Waals surface area contributed by atoms with Crippen LogP contribution in [0, 0.1) is 0 Å². The van der Waals surface area contributed by atoms with Crippen molar-refractivity contribution >= 4 is 35.4 Å². The van der Waals surface area contributed by atoms with Gasteiger partial charge in [0.05, 0.1) is 24.2 Å². The summed E-state index contributed by atoms with van der Waals surface area (Å²) in [6.45, 7) is 1.59. The van der Waals surface area contributed by atoms with Gasteiger partial charge in [-0.15, -0.1) is 0 Å². The van der Waals surface area contributed by atoms with Crippen molar-refractivity contribution in [3.8, 4) is 0 Å². The van der Waals surface area contributed by atoms with Crippen molar-refractivity contribution < 1.29 is 28.8 Å². The predicted molar refractivity (Wildman–Crippen MR) is 236 cm³/mol. The van der Waals surface area contributed by atoms with Gasteiger partial charge in [0.25, 0.3) is 11.8 Å². The van der Waals surface area contributed by atoms with Crippen LogP contribution in [0.15, 0.2) is 72.8 Å². The van der Waals surface area contributed by atoms with Crippen LogP contribution in [0.4, 0.5) is 0 Å². The molecule has 6 atom stereocenters. The van der Waals surface area contributed by atoms with Crippen molar-refractivity contribution in [2.24, 2.45) is 11.5 Å². The maximum absolute atomic E-state index is 13.4. The number of rotatable bonds is 16. The number of hydrogen-bond donors (Lipinski definition) is 6. The molecule has 0 spiro atoms. The number of nitrogens with zero attached hydrogens (tertiary/aromatic N) is 2. The minimum absolute atomic E-state index is 0.0565. The fourth-order valence-corrected chi connectivity index (χ4v) is 9.65. The lowest BCUT2D eigenvalue weighted by Gasteiger charge is -2.31. The molecule has 2 aliphatic heterocycles. The number of carbonyl (C=O) groups is 6. The zero-order valence-electron chi connectivity index (χ0n) is 35.6. The number of likely N-dealkylation sites (tertiary alicyclic amines) is 2. The molecule has 6 amide bonds. The van der Waals surface area contributed by atoms with Crippen LogP contribution in [0.25, 0.3) is 0 Å². The number of aryl methyl sites for hydroxylation is 2. The van der Waals surface area contributed by atoms with E-state index in [0.717, 1.165) is 62.5 Å². The monoisotopic (exact) mass is 846 g/mol. The molecule has 14 heteroatoms. The predicted octanol–water partition coefficient (Wildman–Crippen LogP) is 3.73. The molecule has 3 aromatic carbocycles. The first-order chi connectivity index (χ1) is 30.1. The molecule has 8 N–H and O–H groups in total. The molecule has 62 heavy (non-hydrogen) atoms. The Labute approximate surface area is 364 Å². The Morgan fingerprint density at radius 3 is 1.37 bits per heavy atom. The van der Waals surface area contributed by atoms with Gasteiger partial charge in [-0.25, -0.2) is 0 Å². The number of carbonyl (C=O) groups excluding carboxylic acids is 6. The second-order valence-corrected chi connectivity index (χ2v) is 17.3. The van der Waals surface area contributed by atoms with E-state index in [-0.39, 0.29) is 47.5 Å². The summed E-state index contributed by atoms with van der Waals surface area (Å²) in [6, 6.07) is 19.9. The lowest BCUT2D eigenvalue weighted by atomic mass is 9.87. The fourth-order valence-electron chi connectivity index (χ4n) is 9.65. The van der Waals surface area contributed by atoms with Gasteiger partial charge < -0.3 is 42.5 Å². The molecule has 0 bridgehead atoms. The zero-order chi connectivity index (χ0) is 43.6. The van der Waals surface area contributed by atoms with Crippen LogP contribution in [0.1, 0.15) is 132 Å². The van der Waals surface area contributed by atoms with Crippen LogP contribution in [-0.2, 0) is 32.0 Å².